The van der Waals surface area contributed by atoms with Crippen molar-refractivity contribution in [3.8, 4) is 22.6 Å². The van der Waals surface area contributed by atoms with Crippen LogP contribution in [0.1, 0.15) is 24.6 Å². The van der Waals surface area contributed by atoms with Crippen molar-refractivity contribution >= 4 is 21.9 Å². The van der Waals surface area contributed by atoms with E-state index in [0.717, 1.165) is 65.4 Å². The molecular weight excluding hydrogens is 384 g/mol. The number of aryl methyl sites for hydroxylation is 1. The van der Waals surface area contributed by atoms with Gasteiger partial charge in [-0.1, -0.05) is 36.4 Å². The number of nitrogens with one attached hydrogen (secondary N) is 2. The van der Waals surface area contributed by atoms with E-state index in [9.17, 15) is 0 Å². The standard InChI is InChI=1S/C25H24N6/c1-16-23(29-15-28-16)25-30-22-13-20(19-7-6-17-4-2-3-5-18(17)12-19)14-27-24(22)31(25)21-8-10-26-11-9-21/h2-7,12-15,21,26H,8-11H2,1H3,(H,28,29). The van der Waals surface area contributed by atoms with Crippen molar-refractivity contribution in [2.75, 3.05) is 13.1 Å². The maximum absolute atomic E-state index is 5.04. The van der Waals surface area contributed by atoms with E-state index in [0.29, 0.717) is 6.04 Å². The van der Waals surface area contributed by atoms with E-state index in [-0.39, 0.29) is 0 Å². The molecule has 1 aliphatic heterocycles. The first-order valence-corrected chi connectivity index (χ1v) is 10.9. The summed E-state index contributed by atoms with van der Waals surface area (Å²) >= 11 is 0. The quantitative estimate of drug-likeness (QED) is 0.447. The molecule has 2 N–H and O–H groups in total. The van der Waals surface area contributed by atoms with Crippen molar-refractivity contribution in [1.82, 2.24) is 29.8 Å². The minimum Gasteiger partial charge on any atom is -0.348 e. The summed E-state index contributed by atoms with van der Waals surface area (Å²) in [5.74, 6) is 0.906. The number of hydrogen-bond acceptors (Lipinski definition) is 4. The fraction of sp³-hybridized carbons (Fsp3) is 0.240. The average molecular weight is 409 g/mol. The normalized spacial score (nSPS) is 15.1. The fourth-order valence-corrected chi connectivity index (χ4v) is 4.67. The van der Waals surface area contributed by atoms with Crippen molar-refractivity contribution in [3.05, 3.63) is 66.7 Å². The minimum absolute atomic E-state index is 0.372. The number of hydrogen-bond donors (Lipinski definition) is 2. The van der Waals surface area contributed by atoms with Crippen LogP contribution in [-0.2, 0) is 0 Å². The zero-order chi connectivity index (χ0) is 20.8. The summed E-state index contributed by atoms with van der Waals surface area (Å²) in [4.78, 5) is 17.7. The predicted molar refractivity (Wildman–Crippen MR) is 124 cm³/mol. The number of piperidine rings is 1. The van der Waals surface area contributed by atoms with Gasteiger partial charge in [-0.25, -0.2) is 15.0 Å². The third-order valence-electron chi connectivity index (χ3n) is 6.33. The molecule has 0 aliphatic carbocycles. The lowest BCUT2D eigenvalue weighted by atomic mass is 10.0. The Morgan fingerprint density at radius 3 is 2.58 bits per heavy atom. The molecule has 6 rings (SSSR count). The summed E-state index contributed by atoms with van der Waals surface area (Å²) in [5, 5.41) is 5.93. The lowest BCUT2D eigenvalue weighted by Gasteiger charge is -2.25. The molecule has 6 heteroatoms. The summed E-state index contributed by atoms with van der Waals surface area (Å²) < 4.78 is 2.31. The van der Waals surface area contributed by atoms with Gasteiger partial charge in [-0.3, -0.25) is 0 Å². The Bertz CT molecular complexity index is 1390. The van der Waals surface area contributed by atoms with Gasteiger partial charge in [0.15, 0.2) is 11.5 Å². The van der Waals surface area contributed by atoms with Gasteiger partial charge in [-0.15, -0.1) is 0 Å². The number of pyridine rings is 1. The van der Waals surface area contributed by atoms with Gasteiger partial charge in [-0.2, -0.15) is 0 Å². The molecule has 0 unspecified atom stereocenters. The molecule has 0 amide bonds. The lowest BCUT2D eigenvalue weighted by molar-refractivity contribution is 0.376. The summed E-state index contributed by atoms with van der Waals surface area (Å²) in [5.41, 5.74) is 6.03. The topological polar surface area (TPSA) is 71.4 Å². The van der Waals surface area contributed by atoms with Crippen LogP contribution in [0.2, 0.25) is 0 Å². The number of rotatable bonds is 3. The van der Waals surface area contributed by atoms with E-state index < -0.39 is 0 Å². The molecule has 0 saturated carbocycles. The molecule has 2 aromatic carbocycles. The number of benzene rings is 2. The summed E-state index contributed by atoms with van der Waals surface area (Å²) in [6.45, 7) is 4.07. The van der Waals surface area contributed by atoms with Gasteiger partial charge in [0.05, 0.1) is 6.33 Å². The molecule has 0 radical (unpaired) electrons. The number of aromatic amines is 1. The Morgan fingerprint density at radius 1 is 0.935 bits per heavy atom. The highest BCUT2D eigenvalue weighted by Gasteiger charge is 2.25. The van der Waals surface area contributed by atoms with E-state index in [2.05, 4.69) is 68.4 Å². The highest BCUT2D eigenvalue weighted by atomic mass is 15.2. The van der Waals surface area contributed by atoms with Crippen LogP contribution < -0.4 is 5.32 Å². The lowest BCUT2D eigenvalue weighted by Crippen LogP contribution is -2.29. The number of nitrogens with zero attached hydrogens (tertiary/aromatic N) is 4. The third kappa shape index (κ3) is 3.11. The van der Waals surface area contributed by atoms with Crippen molar-refractivity contribution in [1.29, 1.82) is 0 Å². The minimum atomic E-state index is 0.372. The van der Waals surface area contributed by atoms with Gasteiger partial charge in [-0.05, 0) is 61.3 Å². The average Bonchev–Trinajstić information content (AvgIpc) is 3.41. The van der Waals surface area contributed by atoms with Crippen molar-refractivity contribution in [2.24, 2.45) is 0 Å². The Morgan fingerprint density at radius 2 is 1.77 bits per heavy atom. The first kappa shape index (κ1) is 18.3. The molecule has 1 fully saturated rings. The van der Waals surface area contributed by atoms with Crippen LogP contribution >= 0.6 is 0 Å². The van der Waals surface area contributed by atoms with Crippen LogP contribution in [0.15, 0.2) is 61.1 Å². The van der Waals surface area contributed by atoms with Gasteiger partial charge < -0.3 is 14.9 Å². The largest absolute Gasteiger partial charge is 0.348 e. The predicted octanol–water partition coefficient (Wildman–Crippen LogP) is 4.87. The molecule has 0 bridgehead atoms. The summed E-state index contributed by atoms with van der Waals surface area (Å²) in [6.07, 6.45) is 5.85. The maximum Gasteiger partial charge on any atom is 0.163 e. The van der Waals surface area contributed by atoms with Crippen LogP contribution in [0, 0.1) is 6.92 Å². The first-order valence-electron chi connectivity index (χ1n) is 10.9. The third-order valence-corrected chi connectivity index (χ3v) is 6.33. The van der Waals surface area contributed by atoms with Gasteiger partial charge in [0.1, 0.15) is 11.2 Å². The van der Waals surface area contributed by atoms with E-state index in [1.54, 1.807) is 6.33 Å². The molecular formula is C25H24N6. The van der Waals surface area contributed by atoms with Crippen LogP contribution in [0.25, 0.3) is 44.6 Å². The summed E-state index contributed by atoms with van der Waals surface area (Å²) in [6, 6.07) is 17.5. The Balaban J connectivity index is 1.52. The van der Waals surface area contributed by atoms with Crippen molar-refractivity contribution < 1.29 is 0 Å². The Kier molecular flexibility index (Phi) is 4.32. The number of aromatic nitrogens is 5. The molecule has 6 nitrogen and oxygen atoms in total. The van der Waals surface area contributed by atoms with Crippen LogP contribution in [0.3, 0.4) is 0 Å². The second kappa shape index (κ2) is 7.32. The Labute approximate surface area is 180 Å². The zero-order valence-electron chi connectivity index (χ0n) is 17.5. The van der Waals surface area contributed by atoms with Crippen LogP contribution in [0.4, 0.5) is 0 Å². The van der Waals surface area contributed by atoms with E-state index in [4.69, 9.17) is 9.97 Å². The van der Waals surface area contributed by atoms with Crippen LogP contribution in [-0.4, -0.2) is 37.6 Å². The van der Waals surface area contributed by atoms with Gasteiger partial charge in [0, 0.05) is 23.5 Å². The molecule has 0 atom stereocenters. The molecule has 4 heterocycles. The van der Waals surface area contributed by atoms with Gasteiger partial charge in [0.2, 0.25) is 0 Å². The van der Waals surface area contributed by atoms with Crippen molar-refractivity contribution in [2.45, 2.75) is 25.8 Å². The molecule has 31 heavy (non-hydrogen) atoms. The molecule has 154 valence electrons. The highest BCUT2D eigenvalue weighted by molar-refractivity contribution is 5.89. The fourth-order valence-electron chi connectivity index (χ4n) is 4.67. The SMILES string of the molecule is Cc1[nH]cnc1-c1nc2cc(-c3ccc4ccccc4c3)cnc2n1C1CCNCC1. The monoisotopic (exact) mass is 408 g/mol. The first-order chi connectivity index (χ1) is 15.3. The Hall–Kier alpha value is -3.51. The second-order valence-electron chi connectivity index (χ2n) is 8.29. The van der Waals surface area contributed by atoms with E-state index in [1.807, 2.05) is 13.1 Å². The highest BCUT2D eigenvalue weighted by Crippen LogP contribution is 2.33. The molecule has 1 aliphatic rings. The maximum atomic E-state index is 5.04. The van der Waals surface area contributed by atoms with Crippen molar-refractivity contribution in [3.63, 3.8) is 0 Å². The smallest absolute Gasteiger partial charge is 0.163 e. The molecule has 5 aromatic rings. The van der Waals surface area contributed by atoms with Crippen LogP contribution in [0.5, 0.6) is 0 Å². The van der Waals surface area contributed by atoms with Gasteiger partial charge in [0.25, 0.3) is 0 Å². The van der Waals surface area contributed by atoms with E-state index in [1.165, 1.54) is 10.8 Å². The van der Waals surface area contributed by atoms with Gasteiger partial charge >= 0.3 is 0 Å². The number of fused-ring (bicyclic) bond motifs is 2. The number of imidazole rings is 2. The molecule has 0 spiro atoms. The zero-order valence-corrected chi connectivity index (χ0v) is 17.5. The second-order valence-corrected chi connectivity index (χ2v) is 8.29. The molecule has 3 aromatic heterocycles. The number of H-pyrrole nitrogens is 1. The summed E-state index contributed by atoms with van der Waals surface area (Å²) in [7, 11) is 0. The van der Waals surface area contributed by atoms with E-state index >= 15 is 0 Å². The molecule has 1 saturated heterocycles.